The maximum Gasteiger partial charge on any atom is 0.226 e. The van der Waals surface area contributed by atoms with Crippen molar-refractivity contribution in [2.24, 2.45) is 0 Å². The van der Waals surface area contributed by atoms with E-state index < -0.39 is 0 Å². The summed E-state index contributed by atoms with van der Waals surface area (Å²) in [4.78, 5) is 32.7. The topological polar surface area (TPSA) is 87.3 Å². The van der Waals surface area contributed by atoms with Crippen LogP contribution in [0.3, 0.4) is 0 Å². The zero-order valence-electron chi connectivity index (χ0n) is 13.6. The highest BCUT2D eigenvalue weighted by atomic mass is 16.2. The van der Waals surface area contributed by atoms with Crippen LogP contribution in [0, 0.1) is 11.8 Å². The van der Waals surface area contributed by atoms with Gasteiger partial charge in [-0.25, -0.2) is 0 Å². The van der Waals surface area contributed by atoms with E-state index in [2.05, 4.69) is 27.8 Å². The van der Waals surface area contributed by atoms with Crippen LogP contribution in [0.1, 0.15) is 42.9 Å². The number of carbonyl (C=O) groups is 3. The van der Waals surface area contributed by atoms with Gasteiger partial charge in [0.2, 0.25) is 18.2 Å². The molecule has 2 atom stereocenters. The number of imide groups is 1. The molecule has 0 aromatic heterocycles. The predicted molar refractivity (Wildman–Crippen MR) is 89.7 cm³/mol. The van der Waals surface area contributed by atoms with E-state index in [0.717, 1.165) is 17.5 Å². The van der Waals surface area contributed by atoms with Gasteiger partial charge in [0.25, 0.3) is 0 Å². The fraction of sp³-hybridized carbons (Fsp3) is 0.389. The smallest absolute Gasteiger partial charge is 0.226 e. The fourth-order valence-electron chi connectivity index (χ4n) is 2.54. The first-order valence-electron chi connectivity index (χ1n) is 7.93. The summed E-state index contributed by atoms with van der Waals surface area (Å²) in [5.74, 6) is 5.94. The van der Waals surface area contributed by atoms with Gasteiger partial charge in [0.1, 0.15) is 0 Å². The summed E-state index contributed by atoms with van der Waals surface area (Å²) < 4.78 is 0. The van der Waals surface area contributed by atoms with Gasteiger partial charge in [0.05, 0.1) is 12.1 Å². The summed E-state index contributed by atoms with van der Waals surface area (Å²) in [5, 5.41) is 8.09. The Labute approximate surface area is 141 Å². The molecule has 0 spiro atoms. The van der Waals surface area contributed by atoms with Crippen molar-refractivity contribution in [2.45, 2.75) is 37.8 Å². The van der Waals surface area contributed by atoms with Crippen LogP contribution in [0.15, 0.2) is 24.3 Å². The molecule has 126 valence electrons. The Morgan fingerprint density at radius 3 is 2.75 bits per heavy atom. The second-order valence-electron chi connectivity index (χ2n) is 5.62. The Morgan fingerprint density at radius 2 is 2.17 bits per heavy atom. The minimum absolute atomic E-state index is 0.0966. The molecule has 3 amide bonds. The normalized spacial score (nSPS) is 17.4. The van der Waals surface area contributed by atoms with Crippen molar-refractivity contribution >= 4 is 18.2 Å². The van der Waals surface area contributed by atoms with Gasteiger partial charge in [0.15, 0.2) is 0 Å². The van der Waals surface area contributed by atoms with Crippen LogP contribution in [-0.4, -0.2) is 31.3 Å². The van der Waals surface area contributed by atoms with E-state index in [1.807, 2.05) is 24.3 Å². The summed E-state index contributed by atoms with van der Waals surface area (Å²) in [6, 6.07) is 7.78. The Kier molecular flexibility index (Phi) is 6.52. The standard InChI is InChI=1S/C18H21N3O3/c1-19-15(8-10-17(23)20-12-22)7-4-13-2-5-14(6-3-13)16-9-11-18(24)21-16/h2-3,5-6,12,15-16,19H,8-11H2,1H3,(H,21,24)(H,20,22,23). The Hall–Kier alpha value is -2.65. The Bertz CT molecular complexity index is 658. The number of nitrogens with one attached hydrogen (secondary N) is 3. The van der Waals surface area contributed by atoms with Gasteiger partial charge in [0, 0.05) is 18.4 Å². The van der Waals surface area contributed by atoms with Crippen LogP contribution in [0.2, 0.25) is 0 Å². The highest BCUT2D eigenvalue weighted by molar-refractivity contribution is 5.85. The van der Waals surface area contributed by atoms with Crippen molar-refractivity contribution in [1.82, 2.24) is 16.0 Å². The third kappa shape index (κ3) is 5.21. The highest BCUT2D eigenvalue weighted by Crippen LogP contribution is 2.23. The first-order chi connectivity index (χ1) is 11.6. The lowest BCUT2D eigenvalue weighted by molar-refractivity contribution is -0.125. The predicted octanol–water partition coefficient (Wildman–Crippen LogP) is 0.630. The van der Waals surface area contributed by atoms with Gasteiger partial charge < -0.3 is 10.6 Å². The summed E-state index contributed by atoms with van der Waals surface area (Å²) in [5.41, 5.74) is 1.96. The number of rotatable bonds is 6. The molecule has 1 aromatic rings. The molecule has 1 fully saturated rings. The lowest BCUT2D eigenvalue weighted by atomic mass is 10.0. The van der Waals surface area contributed by atoms with E-state index >= 15 is 0 Å². The molecule has 1 aromatic carbocycles. The van der Waals surface area contributed by atoms with Gasteiger partial charge in [-0.15, -0.1) is 0 Å². The summed E-state index contributed by atoms with van der Waals surface area (Å²) in [7, 11) is 1.78. The molecule has 24 heavy (non-hydrogen) atoms. The van der Waals surface area contributed by atoms with Crippen molar-refractivity contribution < 1.29 is 14.4 Å². The van der Waals surface area contributed by atoms with Gasteiger partial charge >= 0.3 is 0 Å². The molecule has 1 aliphatic heterocycles. The molecular formula is C18H21N3O3. The molecule has 0 saturated carbocycles. The third-order valence-corrected chi connectivity index (χ3v) is 3.93. The van der Waals surface area contributed by atoms with Crippen molar-refractivity contribution in [1.29, 1.82) is 0 Å². The SMILES string of the molecule is CNC(C#Cc1ccc(C2CCC(=O)N2)cc1)CCC(=O)NC=O. The summed E-state index contributed by atoms with van der Waals surface area (Å²) in [6.45, 7) is 0. The first kappa shape index (κ1) is 17.7. The van der Waals surface area contributed by atoms with Crippen molar-refractivity contribution in [3.63, 3.8) is 0 Å². The second kappa shape index (κ2) is 8.85. The lowest BCUT2D eigenvalue weighted by Crippen LogP contribution is -2.27. The highest BCUT2D eigenvalue weighted by Gasteiger charge is 2.21. The van der Waals surface area contributed by atoms with Crippen LogP contribution in [0.4, 0.5) is 0 Å². The quantitative estimate of drug-likeness (QED) is 0.528. The fourth-order valence-corrected chi connectivity index (χ4v) is 2.54. The number of hydrogen-bond acceptors (Lipinski definition) is 4. The maximum absolute atomic E-state index is 11.3. The average Bonchev–Trinajstić information content (AvgIpc) is 3.02. The van der Waals surface area contributed by atoms with Crippen LogP contribution in [0.25, 0.3) is 0 Å². The molecule has 0 aliphatic carbocycles. The number of amides is 3. The second-order valence-corrected chi connectivity index (χ2v) is 5.62. The molecule has 0 bridgehead atoms. The van der Waals surface area contributed by atoms with E-state index in [0.29, 0.717) is 19.3 Å². The van der Waals surface area contributed by atoms with Crippen molar-refractivity contribution in [3.05, 3.63) is 35.4 Å². The van der Waals surface area contributed by atoms with Crippen LogP contribution < -0.4 is 16.0 Å². The first-order valence-corrected chi connectivity index (χ1v) is 7.93. The van der Waals surface area contributed by atoms with Crippen LogP contribution in [0.5, 0.6) is 0 Å². The molecule has 1 saturated heterocycles. The lowest BCUT2D eigenvalue weighted by Gasteiger charge is -2.10. The molecule has 3 N–H and O–H groups in total. The Balaban J connectivity index is 1.92. The van der Waals surface area contributed by atoms with Crippen LogP contribution >= 0.6 is 0 Å². The molecule has 6 heteroatoms. The van der Waals surface area contributed by atoms with Gasteiger partial charge in [-0.1, -0.05) is 24.0 Å². The molecule has 6 nitrogen and oxygen atoms in total. The monoisotopic (exact) mass is 327 g/mol. The molecule has 1 aliphatic rings. The van der Waals surface area contributed by atoms with E-state index in [1.54, 1.807) is 7.05 Å². The van der Waals surface area contributed by atoms with E-state index in [9.17, 15) is 14.4 Å². The summed E-state index contributed by atoms with van der Waals surface area (Å²) in [6.07, 6.45) is 2.55. The van der Waals surface area contributed by atoms with Gasteiger partial charge in [-0.3, -0.25) is 19.7 Å². The maximum atomic E-state index is 11.3. The number of hydrogen-bond donors (Lipinski definition) is 3. The largest absolute Gasteiger partial charge is 0.349 e. The molecule has 2 rings (SSSR count). The van der Waals surface area contributed by atoms with E-state index in [-0.39, 0.29) is 30.3 Å². The molecular weight excluding hydrogens is 306 g/mol. The minimum Gasteiger partial charge on any atom is -0.349 e. The average molecular weight is 327 g/mol. The Morgan fingerprint density at radius 1 is 1.42 bits per heavy atom. The van der Waals surface area contributed by atoms with Gasteiger partial charge in [-0.2, -0.15) is 0 Å². The zero-order valence-corrected chi connectivity index (χ0v) is 13.6. The van der Waals surface area contributed by atoms with Crippen molar-refractivity contribution in [3.8, 4) is 11.8 Å². The van der Waals surface area contributed by atoms with E-state index in [4.69, 9.17) is 0 Å². The third-order valence-electron chi connectivity index (χ3n) is 3.93. The zero-order chi connectivity index (χ0) is 17.4. The van der Waals surface area contributed by atoms with Gasteiger partial charge in [-0.05, 0) is 37.6 Å². The molecule has 1 heterocycles. The number of benzene rings is 1. The van der Waals surface area contributed by atoms with Crippen molar-refractivity contribution in [2.75, 3.05) is 7.05 Å². The van der Waals surface area contributed by atoms with E-state index in [1.165, 1.54) is 0 Å². The molecule has 2 unspecified atom stereocenters. The van der Waals surface area contributed by atoms with Crippen LogP contribution in [-0.2, 0) is 14.4 Å². The molecule has 0 radical (unpaired) electrons. The minimum atomic E-state index is -0.310. The number of carbonyl (C=O) groups excluding carboxylic acids is 3. The summed E-state index contributed by atoms with van der Waals surface area (Å²) >= 11 is 0.